The zero-order valence-electron chi connectivity index (χ0n) is 11.7. The number of rotatable bonds is 2. The highest BCUT2D eigenvalue weighted by atomic mass is 32.1. The van der Waals surface area contributed by atoms with E-state index >= 15 is 0 Å². The van der Waals surface area contributed by atoms with Crippen LogP contribution in [0, 0.1) is 6.92 Å². The Kier molecular flexibility index (Phi) is 3.52. The molecule has 1 aromatic carbocycles. The van der Waals surface area contributed by atoms with Gasteiger partial charge in [0.15, 0.2) is 5.69 Å². The van der Waals surface area contributed by atoms with Gasteiger partial charge < -0.3 is 4.74 Å². The number of benzene rings is 1. The van der Waals surface area contributed by atoms with Gasteiger partial charge in [0.25, 0.3) is 0 Å². The number of aryl methyl sites for hydroxylation is 1. The van der Waals surface area contributed by atoms with E-state index < -0.39 is 11.9 Å². The Morgan fingerprint density at radius 1 is 1.23 bits per heavy atom. The van der Waals surface area contributed by atoms with E-state index in [0.29, 0.717) is 16.3 Å². The molecule has 0 amide bonds. The monoisotopic (exact) mass is 324 g/mol. The summed E-state index contributed by atoms with van der Waals surface area (Å²) in [6.07, 6.45) is -2.89. The Balaban J connectivity index is 2.20. The average molecular weight is 324 g/mol. The number of aromatic nitrogens is 2. The summed E-state index contributed by atoms with van der Waals surface area (Å²) >= 11 is 0.954. The van der Waals surface area contributed by atoms with Crippen molar-refractivity contribution in [1.82, 2.24) is 9.97 Å². The van der Waals surface area contributed by atoms with Crippen LogP contribution in [-0.4, -0.2) is 17.1 Å². The van der Waals surface area contributed by atoms with Gasteiger partial charge in [-0.1, -0.05) is 6.07 Å². The number of ether oxygens (including phenoxy) is 1. The van der Waals surface area contributed by atoms with E-state index in [2.05, 4.69) is 9.97 Å². The van der Waals surface area contributed by atoms with Crippen LogP contribution >= 0.6 is 11.3 Å². The van der Waals surface area contributed by atoms with Crippen LogP contribution in [0.25, 0.3) is 21.5 Å². The van der Waals surface area contributed by atoms with E-state index in [0.717, 1.165) is 33.2 Å². The van der Waals surface area contributed by atoms with Crippen LogP contribution in [-0.2, 0) is 6.18 Å². The van der Waals surface area contributed by atoms with Crippen molar-refractivity contribution in [1.29, 1.82) is 0 Å². The fraction of sp³-hybridized carbons (Fsp3) is 0.200. The second kappa shape index (κ2) is 5.24. The van der Waals surface area contributed by atoms with E-state index in [4.69, 9.17) is 4.74 Å². The van der Waals surface area contributed by atoms with E-state index in [1.54, 1.807) is 19.4 Å². The summed E-state index contributed by atoms with van der Waals surface area (Å²) < 4.78 is 43.4. The summed E-state index contributed by atoms with van der Waals surface area (Å²) in [6.45, 7) is 1.83. The standard InChI is InChI=1S/C15H11F3N2OS/c1-8-9(14-20-12(7-22-14)15(16,17)18)6-19-10-4-3-5-11(21-2)13(8)10/h3-7H,1-2H3. The highest BCUT2D eigenvalue weighted by Crippen LogP contribution is 2.37. The van der Waals surface area contributed by atoms with E-state index in [1.807, 2.05) is 19.1 Å². The number of alkyl halides is 3. The summed E-state index contributed by atoms with van der Waals surface area (Å²) in [5, 5.41) is 2.10. The molecule has 2 heterocycles. The van der Waals surface area contributed by atoms with Gasteiger partial charge in [-0.15, -0.1) is 11.3 Å². The number of pyridine rings is 1. The molecule has 0 fully saturated rings. The lowest BCUT2D eigenvalue weighted by Crippen LogP contribution is -2.05. The predicted molar refractivity (Wildman–Crippen MR) is 79.1 cm³/mol. The number of methoxy groups -OCH3 is 1. The third-order valence-electron chi connectivity index (χ3n) is 3.36. The molecule has 0 aliphatic heterocycles. The molecule has 0 radical (unpaired) electrons. The summed E-state index contributed by atoms with van der Waals surface area (Å²) in [5.74, 6) is 0.636. The van der Waals surface area contributed by atoms with Crippen LogP contribution in [0.15, 0.2) is 29.8 Å². The minimum absolute atomic E-state index is 0.296. The van der Waals surface area contributed by atoms with Gasteiger partial charge >= 0.3 is 6.18 Å². The summed E-state index contributed by atoms with van der Waals surface area (Å²) in [7, 11) is 1.55. The summed E-state index contributed by atoms with van der Waals surface area (Å²) in [6, 6.07) is 5.44. The third kappa shape index (κ3) is 2.41. The molecule has 0 N–H and O–H groups in total. The molecule has 3 rings (SSSR count). The van der Waals surface area contributed by atoms with Gasteiger partial charge in [-0.2, -0.15) is 13.2 Å². The largest absolute Gasteiger partial charge is 0.496 e. The van der Waals surface area contributed by atoms with E-state index in [1.165, 1.54) is 0 Å². The highest BCUT2D eigenvalue weighted by Gasteiger charge is 2.34. The molecule has 0 aliphatic rings. The van der Waals surface area contributed by atoms with Crippen molar-refractivity contribution in [2.45, 2.75) is 13.1 Å². The average Bonchev–Trinajstić information content (AvgIpc) is 2.96. The minimum atomic E-state index is -4.44. The van der Waals surface area contributed by atoms with Crippen molar-refractivity contribution in [3.8, 4) is 16.3 Å². The molecule has 0 bridgehead atoms. The first-order valence-electron chi connectivity index (χ1n) is 6.37. The van der Waals surface area contributed by atoms with Crippen LogP contribution in [0.3, 0.4) is 0 Å². The molecule has 3 aromatic rings. The summed E-state index contributed by atoms with van der Waals surface area (Å²) in [4.78, 5) is 7.99. The molecule has 0 spiro atoms. The molecule has 0 unspecified atom stereocenters. The molecule has 0 saturated heterocycles. The van der Waals surface area contributed by atoms with Gasteiger partial charge in [-0.3, -0.25) is 4.98 Å². The number of fused-ring (bicyclic) bond motifs is 1. The number of thiazole rings is 1. The van der Waals surface area contributed by atoms with Crippen molar-refractivity contribution in [3.05, 3.63) is 41.0 Å². The van der Waals surface area contributed by atoms with E-state index in [9.17, 15) is 13.2 Å². The van der Waals surface area contributed by atoms with Crippen LogP contribution in [0.5, 0.6) is 5.75 Å². The summed E-state index contributed by atoms with van der Waals surface area (Å²) in [5.41, 5.74) is 1.23. The Morgan fingerprint density at radius 3 is 2.64 bits per heavy atom. The first kappa shape index (κ1) is 14.8. The van der Waals surface area contributed by atoms with Crippen molar-refractivity contribution >= 4 is 22.2 Å². The zero-order valence-corrected chi connectivity index (χ0v) is 12.5. The Hall–Kier alpha value is -2.15. The van der Waals surface area contributed by atoms with E-state index in [-0.39, 0.29) is 0 Å². The molecule has 0 aliphatic carbocycles. The molecule has 7 heteroatoms. The molecule has 114 valence electrons. The Bertz CT molecular complexity index is 842. The molecule has 0 saturated carbocycles. The molecule has 3 nitrogen and oxygen atoms in total. The molecule has 22 heavy (non-hydrogen) atoms. The van der Waals surface area contributed by atoms with Crippen molar-refractivity contribution in [2.75, 3.05) is 7.11 Å². The topological polar surface area (TPSA) is 35.0 Å². The van der Waals surface area contributed by atoms with Crippen molar-refractivity contribution < 1.29 is 17.9 Å². The molecular weight excluding hydrogens is 313 g/mol. The van der Waals surface area contributed by atoms with Crippen molar-refractivity contribution in [3.63, 3.8) is 0 Å². The Labute approximate surface area is 128 Å². The Morgan fingerprint density at radius 2 is 2.00 bits per heavy atom. The zero-order chi connectivity index (χ0) is 15.9. The fourth-order valence-corrected chi connectivity index (χ4v) is 3.18. The number of halogens is 3. The predicted octanol–water partition coefficient (Wildman–Crippen LogP) is 4.69. The minimum Gasteiger partial charge on any atom is -0.496 e. The maximum Gasteiger partial charge on any atom is 0.434 e. The number of hydrogen-bond donors (Lipinski definition) is 0. The highest BCUT2D eigenvalue weighted by molar-refractivity contribution is 7.13. The maximum absolute atomic E-state index is 12.7. The molecule has 2 aromatic heterocycles. The van der Waals surface area contributed by atoms with Crippen LogP contribution < -0.4 is 4.74 Å². The van der Waals surface area contributed by atoms with Gasteiger partial charge in [0.2, 0.25) is 0 Å². The van der Waals surface area contributed by atoms with Gasteiger partial charge in [-0.25, -0.2) is 4.98 Å². The van der Waals surface area contributed by atoms with Crippen LogP contribution in [0.4, 0.5) is 13.2 Å². The SMILES string of the molecule is COc1cccc2ncc(-c3nc(C(F)(F)F)cs3)c(C)c12. The lowest BCUT2D eigenvalue weighted by molar-refractivity contribution is -0.140. The first-order chi connectivity index (χ1) is 10.4. The van der Waals surface area contributed by atoms with Gasteiger partial charge in [0.05, 0.1) is 12.6 Å². The quantitative estimate of drug-likeness (QED) is 0.686. The number of nitrogens with zero attached hydrogens (tertiary/aromatic N) is 2. The van der Waals surface area contributed by atoms with Crippen molar-refractivity contribution in [2.24, 2.45) is 0 Å². The third-order valence-corrected chi connectivity index (χ3v) is 4.24. The lowest BCUT2D eigenvalue weighted by atomic mass is 10.0. The second-order valence-corrected chi connectivity index (χ2v) is 5.55. The second-order valence-electron chi connectivity index (χ2n) is 4.69. The first-order valence-corrected chi connectivity index (χ1v) is 7.25. The van der Waals surface area contributed by atoms with Gasteiger partial charge in [-0.05, 0) is 24.6 Å². The molecular formula is C15H11F3N2OS. The van der Waals surface area contributed by atoms with Gasteiger partial charge in [0, 0.05) is 22.5 Å². The fourth-order valence-electron chi connectivity index (χ4n) is 2.28. The molecule has 0 atom stereocenters. The maximum atomic E-state index is 12.7. The number of hydrogen-bond acceptors (Lipinski definition) is 4. The normalized spacial score (nSPS) is 11.9. The van der Waals surface area contributed by atoms with Crippen LogP contribution in [0.2, 0.25) is 0 Å². The lowest BCUT2D eigenvalue weighted by Gasteiger charge is -2.10. The van der Waals surface area contributed by atoms with Gasteiger partial charge in [0.1, 0.15) is 10.8 Å². The van der Waals surface area contributed by atoms with Crippen LogP contribution in [0.1, 0.15) is 11.3 Å². The smallest absolute Gasteiger partial charge is 0.434 e.